The van der Waals surface area contributed by atoms with E-state index in [0.29, 0.717) is 6.54 Å². The number of H-pyrrole nitrogens is 1. The van der Waals surface area contributed by atoms with Crippen molar-refractivity contribution in [3.63, 3.8) is 0 Å². The second kappa shape index (κ2) is 5.15. The number of aromatic nitrogens is 2. The van der Waals surface area contributed by atoms with Gasteiger partial charge in [-0.1, -0.05) is 0 Å². The van der Waals surface area contributed by atoms with Gasteiger partial charge in [0.25, 0.3) is 0 Å². The Hall–Kier alpha value is -2.05. The van der Waals surface area contributed by atoms with Gasteiger partial charge in [-0.15, -0.1) is 0 Å². The van der Waals surface area contributed by atoms with Crippen molar-refractivity contribution in [2.45, 2.75) is 19.5 Å². The van der Waals surface area contributed by atoms with Gasteiger partial charge in [0.05, 0.1) is 12.7 Å². The van der Waals surface area contributed by atoms with Crippen molar-refractivity contribution in [3.05, 3.63) is 18.0 Å². The molecule has 7 nitrogen and oxygen atoms in total. The summed E-state index contributed by atoms with van der Waals surface area (Å²) in [6.07, 6.45) is 3.27. The number of amides is 2. The van der Waals surface area contributed by atoms with Crippen LogP contribution in [0.2, 0.25) is 0 Å². The lowest BCUT2D eigenvalue weighted by Gasteiger charge is -2.18. The lowest BCUT2D eigenvalue weighted by Crippen LogP contribution is -2.44. The lowest BCUT2D eigenvalue weighted by molar-refractivity contribution is -0.138. The van der Waals surface area contributed by atoms with Gasteiger partial charge in [0.1, 0.15) is 6.04 Å². The van der Waals surface area contributed by atoms with Gasteiger partial charge >= 0.3 is 12.0 Å². The number of urea groups is 1. The molecule has 16 heavy (non-hydrogen) atoms. The number of carboxylic acid groups (broad SMARTS) is 1. The highest BCUT2D eigenvalue weighted by Gasteiger charge is 2.16. The van der Waals surface area contributed by atoms with Gasteiger partial charge in [0.2, 0.25) is 0 Å². The maximum atomic E-state index is 11.5. The molecule has 1 atom stereocenters. The summed E-state index contributed by atoms with van der Waals surface area (Å²) < 4.78 is 0. The number of rotatable bonds is 4. The summed E-state index contributed by atoms with van der Waals surface area (Å²) in [5.41, 5.74) is 0.848. The first kappa shape index (κ1) is 12.0. The summed E-state index contributed by atoms with van der Waals surface area (Å²) in [5.74, 6) is -1.06. The Morgan fingerprint density at radius 2 is 2.38 bits per heavy atom. The smallest absolute Gasteiger partial charge is 0.325 e. The van der Waals surface area contributed by atoms with Crippen LogP contribution in [-0.2, 0) is 11.3 Å². The minimum Gasteiger partial charge on any atom is -0.480 e. The van der Waals surface area contributed by atoms with E-state index in [-0.39, 0.29) is 0 Å². The van der Waals surface area contributed by atoms with E-state index in [2.05, 4.69) is 15.5 Å². The quantitative estimate of drug-likeness (QED) is 0.674. The lowest BCUT2D eigenvalue weighted by atomic mass is 10.3. The molecule has 0 bridgehead atoms. The van der Waals surface area contributed by atoms with Crippen LogP contribution in [0.1, 0.15) is 12.5 Å². The predicted octanol–water partition coefficient (Wildman–Crippen LogP) is 0.0242. The van der Waals surface area contributed by atoms with E-state index >= 15 is 0 Å². The molecule has 0 saturated carbocycles. The Labute approximate surface area is 92.4 Å². The number of carbonyl (C=O) groups is 2. The van der Waals surface area contributed by atoms with Crippen molar-refractivity contribution < 1.29 is 14.7 Å². The molecule has 2 amide bonds. The van der Waals surface area contributed by atoms with Crippen LogP contribution in [-0.4, -0.2) is 45.3 Å². The van der Waals surface area contributed by atoms with E-state index in [9.17, 15) is 9.59 Å². The fourth-order valence-electron chi connectivity index (χ4n) is 1.07. The van der Waals surface area contributed by atoms with E-state index < -0.39 is 18.0 Å². The van der Waals surface area contributed by atoms with E-state index in [0.717, 1.165) is 5.56 Å². The standard InChI is InChI=1S/C9H14N4O3/c1-6(8(14)15)12-9(16)13(2)5-7-3-10-11-4-7/h3-4,6H,5H2,1-2H3,(H,10,11)(H,12,16)(H,14,15)/t6-/m1/s1. The van der Waals surface area contributed by atoms with E-state index in [4.69, 9.17) is 5.11 Å². The number of nitrogens with zero attached hydrogens (tertiary/aromatic N) is 2. The van der Waals surface area contributed by atoms with Crippen LogP contribution in [0.25, 0.3) is 0 Å². The average molecular weight is 226 g/mol. The Morgan fingerprint density at radius 3 is 2.88 bits per heavy atom. The minimum atomic E-state index is -1.06. The van der Waals surface area contributed by atoms with Gasteiger partial charge in [0, 0.05) is 18.8 Å². The predicted molar refractivity (Wildman–Crippen MR) is 55.7 cm³/mol. The number of hydrogen-bond acceptors (Lipinski definition) is 3. The second-order valence-electron chi connectivity index (χ2n) is 3.47. The summed E-state index contributed by atoms with van der Waals surface area (Å²) in [4.78, 5) is 23.4. The van der Waals surface area contributed by atoms with Gasteiger partial charge < -0.3 is 15.3 Å². The fraction of sp³-hybridized carbons (Fsp3) is 0.444. The molecule has 0 spiro atoms. The SMILES string of the molecule is C[C@@H](NC(=O)N(C)Cc1cn[nH]c1)C(=O)O. The van der Waals surface area contributed by atoms with Crippen LogP contribution in [0, 0.1) is 0 Å². The van der Waals surface area contributed by atoms with Crippen molar-refractivity contribution in [2.75, 3.05) is 7.05 Å². The molecule has 1 aromatic rings. The number of carbonyl (C=O) groups excluding carboxylic acids is 1. The summed E-state index contributed by atoms with van der Waals surface area (Å²) in [7, 11) is 1.58. The van der Waals surface area contributed by atoms with Crippen LogP contribution in [0.4, 0.5) is 4.79 Å². The Balaban J connectivity index is 2.45. The number of carboxylic acids is 1. The van der Waals surface area contributed by atoms with Crippen molar-refractivity contribution in [3.8, 4) is 0 Å². The van der Waals surface area contributed by atoms with Gasteiger partial charge in [-0.05, 0) is 6.92 Å². The maximum Gasteiger partial charge on any atom is 0.325 e. The third kappa shape index (κ3) is 3.26. The first-order valence-electron chi connectivity index (χ1n) is 4.72. The largest absolute Gasteiger partial charge is 0.480 e. The van der Waals surface area contributed by atoms with Crippen LogP contribution in [0.3, 0.4) is 0 Å². The highest BCUT2D eigenvalue weighted by Crippen LogP contribution is 1.99. The highest BCUT2D eigenvalue weighted by molar-refractivity contribution is 5.82. The average Bonchev–Trinajstić information content (AvgIpc) is 2.69. The molecule has 88 valence electrons. The van der Waals surface area contributed by atoms with Crippen molar-refractivity contribution in [2.24, 2.45) is 0 Å². The van der Waals surface area contributed by atoms with Crippen molar-refractivity contribution in [1.29, 1.82) is 0 Å². The van der Waals surface area contributed by atoms with Gasteiger partial charge in [-0.2, -0.15) is 5.10 Å². The number of hydrogen-bond donors (Lipinski definition) is 3. The topological polar surface area (TPSA) is 98.3 Å². The van der Waals surface area contributed by atoms with Crippen molar-refractivity contribution >= 4 is 12.0 Å². The van der Waals surface area contributed by atoms with E-state index in [1.807, 2.05) is 0 Å². The molecule has 1 rings (SSSR count). The molecule has 0 aromatic carbocycles. The Bertz CT molecular complexity index is 363. The Morgan fingerprint density at radius 1 is 1.69 bits per heavy atom. The third-order valence-electron chi connectivity index (χ3n) is 2.03. The summed E-state index contributed by atoms with van der Waals surface area (Å²) in [6.45, 7) is 1.78. The second-order valence-corrected chi connectivity index (χ2v) is 3.47. The van der Waals surface area contributed by atoms with E-state index in [1.165, 1.54) is 11.8 Å². The third-order valence-corrected chi connectivity index (χ3v) is 2.03. The fourth-order valence-corrected chi connectivity index (χ4v) is 1.07. The molecule has 7 heteroatoms. The van der Waals surface area contributed by atoms with Crippen LogP contribution in [0.5, 0.6) is 0 Å². The molecule has 0 aliphatic heterocycles. The zero-order valence-electron chi connectivity index (χ0n) is 9.10. The molecular weight excluding hydrogens is 212 g/mol. The van der Waals surface area contributed by atoms with Crippen molar-refractivity contribution in [1.82, 2.24) is 20.4 Å². The summed E-state index contributed by atoms with van der Waals surface area (Å²) in [6, 6.07) is -1.34. The normalized spacial score (nSPS) is 11.9. The summed E-state index contributed by atoms with van der Waals surface area (Å²) >= 11 is 0. The Kier molecular flexibility index (Phi) is 3.87. The number of aliphatic carboxylic acids is 1. The molecule has 1 aromatic heterocycles. The minimum absolute atomic E-state index is 0.370. The van der Waals surface area contributed by atoms with Crippen LogP contribution < -0.4 is 5.32 Å². The first-order chi connectivity index (χ1) is 7.50. The van der Waals surface area contributed by atoms with E-state index in [1.54, 1.807) is 19.4 Å². The zero-order valence-corrected chi connectivity index (χ0v) is 9.10. The maximum absolute atomic E-state index is 11.5. The molecule has 0 fully saturated rings. The van der Waals surface area contributed by atoms with Crippen LogP contribution in [0.15, 0.2) is 12.4 Å². The van der Waals surface area contributed by atoms with Gasteiger partial charge in [-0.25, -0.2) is 4.79 Å². The molecule has 0 aliphatic carbocycles. The summed E-state index contributed by atoms with van der Waals surface area (Å²) in [5, 5.41) is 17.3. The molecule has 3 N–H and O–H groups in total. The van der Waals surface area contributed by atoms with Gasteiger partial charge in [-0.3, -0.25) is 9.89 Å². The van der Waals surface area contributed by atoms with Crippen LogP contribution >= 0.6 is 0 Å². The molecule has 0 unspecified atom stereocenters. The zero-order chi connectivity index (χ0) is 12.1. The van der Waals surface area contributed by atoms with Gasteiger partial charge in [0.15, 0.2) is 0 Å². The molecule has 0 radical (unpaired) electrons. The monoisotopic (exact) mass is 226 g/mol. The molecule has 0 aliphatic rings. The molecular formula is C9H14N4O3. The number of nitrogens with one attached hydrogen (secondary N) is 2. The number of aromatic amines is 1. The highest BCUT2D eigenvalue weighted by atomic mass is 16.4. The molecule has 1 heterocycles. The first-order valence-corrected chi connectivity index (χ1v) is 4.72. The molecule has 0 saturated heterocycles.